The molecule has 2 aromatic rings. The molecule has 25 heavy (non-hydrogen) atoms. The second-order valence-electron chi connectivity index (χ2n) is 6.92. The summed E-state index contributed by atoms with van der Waals surface area (Å²) in [4.78, 5) is 0. The van der Waals surface area contributed by atoms with E-state index in [1.54, 1.807) is 24.3 Å². The van der Waals surface area contributed by atoms with Crippen molar-refractivity contribution < 1.29 is 9.13 Å². The third-order valence-electron chi connectivity index (χ3n) is 3.57. The minimum absolute atomic E-state index is 0.00370. The maximum atomic E-state index is 14.7. The monoisotopic (exact) mass is 375 g/mol. The molecule has 2 rings (SSSR count). The molecule has 0 saturated carbocycles. The first-order chi connectivity index (χ1) is 11.7. The van der Waals surface area contributed by atoms with Gasteiger partial charge in [0.15, 0.2) is 11.6 Å². The number of ether oxygens (including phenoxy) is 1. The maximum Gasteiger partial charge on any atom is 0.181 e. The van der Waals surface area contributed by atoms with Crippen molar-refractivity contribution in [2.24, 2.45) is 5.73 Å². The Bertz CT molecular complexity index is 803. The van der Waals surface area contributed by atoms with E-state index in [1.165, 1.54) is 0 Å². The van der Waals surface area contributed by atoms with Gasteiger partial charge in [0.2, 0.25) is 0 Å². The molecule has 0 spiro atoms. The van der Waals surface area contributed by atoms with Gasteiger partial charge in [0, 0.05) is 17.2 Å². The Morgan fingerprint density at radius 2 is 1.80 bits per heavy atom. The minimum Gasteiger partial charge on any atom is -0.453 e. The molecule has 5 heteroatoms. The van der Waals surface area contributed by atoms with E-state index in [4.69, 9.17) is 22.1 Å². The first-order valence-electron chi connectivity index (χ1n) is 8.26. The van der Waals surface area contributed by atoms with E-state index in [2.05, 4.69) is 31.1 Å². The zero-order valence-electron chi connectivity index (χ0n) is 15.0. The zero-order valence-corrected chi connectivity index (χ0v) is 16.7. The summed E-state index contributed by atoms with van der Waals surface area (Å²) >= 11 is 6.11. The van der Waals surface area contributed by atoms with Crippen LogP contribution in [0.2, 0.25) is 24.7 Å². The Labute approximate surface area is 155 Å². The smallest absolute Gasteiger partial charge is 0.181 e. The van der Waals surface area contributed by atoms with Gasteiger partial charge in [-0.2, -0.15) is 0 Å². The number of nitrogens with two attached hydrogens (primary N) is 1. The molecule has 0 bridgehead atoms. The van der Waals surface area contributed by atoms with Crippen LogP contribution in [0.1, 0.15) is 30.5 Å². The molecule has 0 aromatic heterocycles. The number of benzene rings is 2. The van der Waals surface area contributed by atoms with Crippen LogP contribution in [0.3, 0.4) is 0 Å². The first-order valence-corrected chi connectivity index (χ1v) is 12.1. The second kappa shape index (κ2) is 8.05. The van der Waals surface area contributed by atoms with Gasteiger partial charge in [0.25, 0.3) is 0 Å². The average molecular weight is 376 g/mol. The normalized spacial score (nSPS) is 12.3. The van der Waals surface area contributed by atoms with E-state index in [0.29, 0.717) is 17.7 Å². The minimum atomic E-state index is -1.42. The van der Waals surface area contributed by atoms with Crippen molar-refractivity contribution in [1.29, 1.82) is 0 Å². The third-order valence-corrected chi connectivity index (χ3v) is 4.75. The van der Waals surface area contributed by atoms with Gasteiger partial charge in [-0.25, -0.2) is 4.39 Å². The van der Waals surface area contributed by atoms with E-state index in [9.17, 15) is 4.39 Å². The summed E-state index contributed by atoms with van der Waals surface area (Å²) in [7, 11) is -1.42. The summed E-state index contributed by atoms with van der Waals surface area (Å²) in [5.41, 5.74) is 10.6. The van der Waals surface area contributed by atoms with Gasteiger partial charge in [-0.15, -0.1) is 5.54 Å². The fourth-order valence-electron chi connectivity index (χ4n) is 2.13. The molecule has 1 atom stereocenters. The van der Waals surface area contributed by atoms with Crippen molar-refractivity contribution in [2.75, 3.05) is 0 Å². The maximum absolute atomic E-state index is 14.7. The highest BCUT2D eigenvalue weighted by atomic mass is 35.5. The molecule has 132 valence electrons. The Balaban J connectivity index is 2.26. The Hall–Kier alpha value is -1.80. The fraction of sp³-hybridized carbons (Fsp3) is 0.300. The van der Waals surface area contributed by atoms with Crippen LogP contribution >= 0.6 is 11.6 Å². The van der Waals surface area contributed by atoms with Crippen molar-refractivity contribution in [1.82, 2.24) is 0 Å². The molecule has 0 aliphatic heterocycles. The lowest BCUT2D eigenvalue weighted by Crippen LogP contribution is -2.16. The van der Waals surface area contributed by atoms with Gasteiger partial charge in [0.05, 0.1) is 5.02 Å². The van der Waals surface area contributed by atoms with E-state index in [1.807, 2.05) is 19.1 Å². The van der Waals surface area contributed by atoms with Crippen molar-refractivity contribution in [2.45, 2.75) is 39.0 Å². The number of rotatable bonds is 4. The van der Waals surface area contributed by atoms with Crippen molar-refractivity contribution in [3.63, 3.8) is 0 Å². The molecular weight excluding hydrogens is 353 g/mol. The fourth-order valence-corrected chi connectivity index (χ4v) is 2.84. The standard InChI is InChI=1S/C20H23ClFNOSi/c1-5-18(23)16-10-11-17(21)20(19(16)22)24-15-8-6-14(7-9-15)12-13-25(2,3)4/h6-11,18H,5,23H2,1-4H3/t18-/m1/s1. The second-order valence-corrected chi connectivity index (χ2v) is 12.1. The molecule has 0 fully saturated rings. The van der Waals surface area contributed by atoms with Crippen LogP contribution in [-0.2, 0) is 0 Å². The predicted molar refractivity (Wildman–Crippen MR) is 105 cm³/mol. The molecule has 2 aromatic carbocycles. The largest absolute Gasteiger partial charge is 0.453 e. The number of hydrogen-bond donors (Lipinski definition) is 1. The highest BCUT2D eigenvalue weighted by Crippen LogP contribution is 2.36. The summed E-state index contributed by atoms with van der Waals surface area (Å²) < 4.78 is 20.4. The number of halogens is 2. The van der Waals surface area contributed by atoms with Crippen LogP contribution in [0.15, 0.2) is 36.4 Å². The molecule has 2 nitrogen and oxygen atoms in total. The van der Waals surface area contributed by atoms with Crippen LogP contribution in [0, 0.1) is 17.3 Å². The van der Waals surface area contributed by atoms with E-state index in [0.717, 1.165) is 5.56 Å². The Kier molecular flexibility index (Phi) is 6.29. The average Bonchev–Trinajstić information content (AvgIpc) is 2.56. The van der Waals surface area contributed by atoms with Crippen LogP contribution in [0.25, 0.3) is 0 Å². The van der Waals surface area contributed by atoms with Gasteiger partial charge >= 0.3 is 0 Å². The van der Waals surface area contributed by atoms with E-state index in [-0.39, 0.29) is 16.8 Å². The topological polar surface area (TPSA) is 35.2 Å². The molecular formula is C20H23ClFNOSi. The summed E-state index contributed by atoms with van der Waals surface area (Å²) in [5, 5.41) is 0.215. The summed E-state index contributed by atoms with van der Waals surface area (Å²) in [6, 6.07) is 10.1. The lowest BCUT2D eigenvalue weighted by Gasteiger charge is -2.15. The molecule has 0 aliphatic rings. The van der Waals surface area contributed by atoms with Crippen LogP contribution in [0.4, 0.5) is 4.39 Å². The highest BCUT2D eigenvalue weighted by Gasteiger charge is 2.18. The van der Waals surface area contributed by atoms with E-state index >= 15 is 0 Å². The van der Waals surface area contributed by atoms with Gasteiger partial charge < -0.3 is 10.5 Å². The van der Waals surface area contributed by atoms with Gasteiger partial charge in [-0.3, -0.25) is 0 Å². The molecule has 0 saturated heterocycles. The molecule has 0 radical (unpaired) electrons. The molecule has 0 amide bonds. The van der Waals surface area contributed by atoms with Crippen LogP contribution in [-0.4, -0.2) is 8.07 Å². The number of hydrogen-bond acceptors (Lipinski definition) is 2. The summed E-state index contributed by atoms with van der Waals surface area (Å²) in [6.07, 6.45) is 0.627. The third kappa shape index (κ3) is 5.33. The van der Waals surface area contributed by atoms with Crippen LogP contribution in [0.5, 0.6) is 11.5 Å². The van der Waals surface area contributed by atoms with Crippen molar-refractivity contribution >= 4 is 19.7 Å². The van der Waals surface area contributed by atoms with Crippen molar-refractivity contribution in [3.8, 4) is 23.0 Å². The van der Waals surface area contributed by atoms with Crippen molar-refractivity contribution in [3.05, 3.63) is 58.4 Å². The molecule has 2 N–H and O–H groups in total. The van der Waals surface area contributed by atoms with Gasteiger partial charge in [-0.05, 0) is 36.8 Å². The SMILES string of the molecule is CC[C@@H](N)c1ccc(Cl)c(Oc2ccc(C#C[Si](C)(C)C)cc2)c1F. The zero-order chi connectivity index (χ0) is 18.6. The quantitative estimate of drug-likeness (QED) is 0.532. The summed E-state index contributed by atoms with van der Waals surface area (Å²) in [5.74, 6) is 3.16. The summed E-state index contributed by atoms with van der Waals surface area (Å²) in [6.45, 7) is 8.47. The van der Waals surface area contributed by atoms with Gasteiger partial charge in [0.1, 0.15) is 13.8 Å². The molecule has 0 unspecified atom stereocenters. The first kappa shape index (κ1) is 19.5. The predicted octanol–water partition coefficient (Wildman–Crippen LogP) is 5.91. The Morgan fingerprint density at radius 1 is 1.16 bits per heavy atom. The highest BCUT2D eigenvalue weighted by molar-refractivity contribution is 6.83. The lowest BCUT2D eigenvalue weighted by atomic mass is 10.0. The van der Waals surface area contributed by atoms with E-state index < -0.39 is 13.9 Å². The van der Waals surface area contributed by atoms with Gasteiger partial charge in [-0.1, -0.05) is 50.2 Å². The lowest BCUT2D eigenvalue weighted by molar-refractivity contribution is 0.434. The Morgan fingerprint density at radius 3 is 2.36 bits per heavy atom. The molecule has 0 heterocycles. The molecule has 0 aliphatic carbocycles. The van der Waals surface area contributed by atoms with Crippen LogP contribution < -0.4 is 10.5 Å².